The molecule has 1 aliphatic heterocycles. The fourth-order valence-corrected chi connectivity index (χ4v) is 4.06. The van der Waals surface area contributed by atoms with Crippen LogP contribution in [0.2, 0.25) is 0 Å². The second-order valence-electron chi connectivity index (χ2n) is 7.71. The zero-order chi connectivity index (χ0) is 18.6. The van der Waals surface area contributed by atoms with Crippen LogP contribution in [-0.4, -0.2) is 40.5 Å². The molecule has 1 rings (SSSR count). The first kappa shape index (κ1) is 22.9. The molecule has 4 heteroatoms. The molecule has 0 saturated carbocycles. The molecule has 0 bridgehead atoms. The molecule has 1 aliphatic rings. The molecule has 0 amide bonds. The number of hydrogen-bond acceptors (Lipinski definition) is 4. The molecule has 0 aromatic rings. The fourth-order valence-electron chi connectivity index (χ4n) is 4.06. The van der Waals surface area contributed by atoms with Gasteiger partial charge in [0.15, 0.2) is 0 Å². The van der Waals surface area contributed by atoms with Crippen molar-refractivity contribution in [3.8, 4) is 0 Å². The molecule has 4 nitrogen and oxygen atoms in total. The maximum atomic E-state index is 5.67. The highest BCUT2D eigenvalue weighted by Gasteiger charge is 2.41. The molecule has 150 valence electrons. The van der Waals surface area contributed by atoms with Crippen molar-refractivity contribution in [2.24, 2.45) is 11.3 Å². The van der Waals surface area contributed by atoms with Crippen LogP contribution in [0.25, 0.3) is 0 Å². The van der Waals surface area contributed by atoms with Crippen LogP contribution >= 0.6 is 0 Å². The van der Waals surface area contributed by atoms with Crippen LogP contribution in [0.1, 0.15) is 84.5 Å². The highest BCUT2D eigenvalue weighted by Crippen LogP contribution is 2.39. The van der Waals surface area contributed by atoms with E-state index in [2.05, 4.69) is 13.8 Å². The van der Waals surface area contributed by atoms with Gasteiger partial charge in [-0.05, 0) is 25.7 Å². The summed E-state index contributed by atoms with van der Waals surface area (Å²) in [6, 6.07) is 0. The highest BCUT2D eigenvalue weighted by atomic mass is 16.9. The van der Waals surface area contributed by atoms with E-state index in [1.54, 1.807) is 21.3 Å². The Morgan fingerprint density at radius 1 is 0.840 bits per heavy atom. The van der Waals surface area contributed by atoms with Gasteiger partial charge in [-0.2, -0.15) is 0 Å². The lowest BCUT2D eigenvalue weighted by Crippen LogP contribution is -2.45. The molecular formula is C21H42O4. The van der Waals surface area contributed by atoms with E-state index in [1.165, 1.54) is 57.8 Å². The van der Waals surface area contributed by atoms with E-state index in [9.17, 15) is 0 Å². The Morgan fingerprint density at radius 3 is 1.88 bits per heavy atom. The minimum Gasteiger partial charge on any atom is -0.380 e. The van der Waals surface area contributed by atoms with Gasteiger partial charge in [0, 0.05) is 32.7 Å². The predicted molar refractivity (Wildman–Crippen MR) is 103 cm³/mol. The Kier molecular flexibility index (Phi) is 11.2. The van der Waals surface area contributed by atoms with Gasteiger partial charge in [-0.1, -0.05) is 58.8 Å². The average Bonchev–Trinajstić information content (AvgIpc) is 2.61. The Hall–Kier alpha value is -0.160. The van der Waals surface area contributed by atoms with Gasteiger partial charge in [0.1, 0.15) is 0 Å². The van der Waals surface area contributed by atoms with Crippen LogP contribution in [0.15, 0.2) is 0 Å². The Balaban J connectivity index is 2.49. The lowest BCUT2D eigenvalue weighted by Gasteiger charge is -2.42. The van der Waals surface area contributed by atoms with Gasteiger partial charge in [-0.3, -0.25) is 0 Å². The van der Waals surface area contributed by atoms with Gasteiger partial charge in [0.25, 0.3) is 5.97 Å². The molecule has 1 heterocycles. The molecular weight excluding hydrogens is 316 g/mol. The summed E-state index contributed by atoms with van der Waals surface area (Å²) in [5, 5.41) is 0. The smallest absolute Gasteiger partial charge is 0.285 e. The van der Waals surface area contributed by atoms with E-state index >= 15 is 0 Å². The standard InChI is InChI=1S/C21H42O4/c1-6-8-9-10-11-12-14-19(21(22-3,23-4)24-5)15-13-16-20(7-2)17-25-18-20/h19H,6-18H2,1-5H3. The maximum Gasteiger partial charge on any atom is 0.285 e. The van der Waals surface area contributed by atoms with E-state index < -0.39 is 5.97 Å². The molecule has 1 saturated heterocycles. The summed E-state index contributed by atoms with van der Waals surface area (Å²) >= 11 is 0. The van der Waals surface area contributed by atoms with Gasteiger partial charge < -0.3 is 18.9 Å². The monoisotopic (exact) mass is 358 g/mol. The van der Waals surface area contributed by atoms with Gasteiger partial charge in [0.05, 0.1) is 13.2 Å². The third-order valence-corrected chi connectivity index (χ3v) is 6.09. The Labute approximate surface area is 155 Å². The van der Waals surface area contributed by atoms with Crippen molar-refractivity contribution in [2.45, 2.75) is 90.4 Å². The van der Waals surface area contributed by atoms with Crippen molar-refractivity contribution >= 4 is 0 Å². The molecule has 0 radical (unpaired) electrons. The second-order valence-corrected chi connectivity index (χ2v) is 7.71. The van der Waals surface area contributed by atoms with Crippen LogP contribution in [-0.2, 0) is 18.9 Å². The first-order valence-electron chi connectivity index (χ1n) is 10.3. The van der Waals surface area contributed by atoms with Crippen LogP contribution in [0.5, 0.6) is 0 Å². The number of methoxy groups -OCH3 is 3. The van der Waals surface area contributed by atoms with Gasteiger partial charge in [-0.15, -0.1) is 0 Å². The quantitative estimate of drug-likeness (QED) is 0.268. The molecule has 0 spiro atoms. The van der Waals surface area contributed by atoms with E-state index in [-0.39, 0.29) is 5.92 Å². The van der Waals surface area contributed by atoms with Crippen molar-refractivity contribution in [1.29, 1.82) is 0 Å². The van der Waals surface area contributed by atoms with E-state index in [0.29, 0.717) is 5.41 Å². The third-order valence-electron chi connectivity index (χ3n) is 6.09. The summed E-state index contributed by atoms with van der Waals surface area (Å²) in [4.78, 5) is 0. The largest absolute Gasteiger partial charge is 0.380 e. The summed E-state index contributed by atoms with van der Waals surface area (Å²) < 4.78 is 22.5. The molecule has 0 N–H and O–H groups in total. The van der Waals surface area contributed by atoms with Crippen LogP contribution in [0.3, 0.4) is 0 Å². The molecule has 0 aromatic carbocycles. The van der Waals surface area contributed by atoms with E-state index in [1.807, 2.05) is 0 Å². The summed E-state index contributed by atoms with van der Waals surface area (Å²) in [6.07, 6.45) is 13.6. The van der Waals surface area contributed by atoms with Crippen molar-refractivity contribution in [3.63, 3.8) is 0 Å². The SMILES string of the molecule is CCCCCCCCC(CCCC1(CC)COC1)C(OC)(OC)OC. The Morgan fingerprint density at radius 2 is 1.40 bits per heavy atom. The molecule has 1 fully saturated rings. The molecule has 1 atom stereocenters. The normalized spacial score (nSPS) is 18.1. The molecule has 0 aromatic heterocycles. The Bertz CT molecular complexity index is 310. The van der Waals surface area contributed by atoms with Crippen molar-refractivity contribution in [2.75, 3.05) is 34.5 Å². The maximum absolute atomic E-state index is 5.67. The number of unbranched alkanes of at least 4 members (excludes halogenated alkanes) is 5. The molecule has 1 unspecified atom stereocenters. The summed E-state index contributed by atoms with van der Waals surface area (Å²) in [5.74, 6) is -0.632. The van der Waals surface area contributed by atoms with E-state index in [0.717, 1.165) is 26.1 Å². The number of ether oxygens (including phenoxy) is 4. The second kappa shape index (κ2) is 12.3. The molecule has 25 heavy (non-hydrogen) atoms. The van der Waals surface area contributed by atoms with Gasteiger partial charge >= 0.3 is 0 Å². The lowest BCUT2D eigenvalue weighted by molar-refractivity contribution is -0.380. The van der Waals surface area contributed by atoms with Crippen molar-refractivity contribution < 1.29 is 18.9 Å². The fraction of sp³-hybridized carbons (Fsp3) is 1.00. The van der Waals surface area contributed by atoms with Crippen molar-refractivity contribution in [3.05, 3.63) is 0 Å². The number of hydrogen-bond donors (Lipinski definition) is 0. The van der Waals surface area contributed by atoms with Gasteiger partial charge in [0.2, 0.25) is 0 Å². The summed E-state index contributed by atoms with van der Waals surface area (Å²) in [6.45, 7) is 6.39. The van der Waals surface area contributed by atoms with Crippen molar-refractivity contribution in [1.82, 2.24) is 0 Å². The topological polar surface area (TPSA) is 36.9 Å². The zero-order valence-corrected chi connectivity index (χ0v) is 17.4. The predicted octanol–water partition coefficient (Wildman–Crippen LogP) is 5.54. The lowest BCUT2D eigenvalue weighted by atomic mass is 9.77. The summed E-state index contributed by atoms with van der Waals surface area (Å²) in [7, 11) is 5.07. The average molecular weight is 359 g/mol. The first-order chi connectivity index (χ1) is 12.1. The highest BCUT2D eigenvalue weighted by molar-refractivity contribution is 4.84. The minimum absolute atomic E-state index is 0.272. The van der Waals surface area contributed by atoms with E-state index in [4.69, 9.17) is 18.9 Å². The minimum atomic E-state index is -0.904. The van der Waals surface area contributed by atoms with Crippen LogP contribution < -0.4 is 0 Å². The zero-order valence-electron chi connectivity index (χ0n) is 17.4. The number of rotatable bonds is 16. The molecule has 0 aliphatic carbocycles. The van der Waals surface area contributed by atoms with Crippen LogP contribution in [0.4, 0.5) is 0 Å². The van der Waals surface area contributed by atoms with Crippen LogP contribution in [0, 0.1) is 11.3 Å². The first-order valence-corrected chi connectivity index (χ1v) is 10.3. The van der Waals surface area contributed by atoms with Gasteiger partial charge in [-0.25, -0.2) is 0 Å². The summed E-state index contributed by atoms with van der Waals surface area (Å²) in [5.41, 5.74) is 0.417. The third kappa shape index (κ3) is 6.82.